The van der Waals surface area contributed by atoms with E-state index in [2.05, 4.69) is 0 Å². The first-order valence-corrected chi connectivity index (χ1v) is 10.1. The van der Waals surface area contributed by atoms with Crippen LogP contribution in [0.1, 0.15) is 0 Å². The third-order valence-corrected chi connectivity index (χ3v) is 4.31. The predicted octanol–water partition coefficient (Wildman–Crippen LogP) is -0.668. The van der Waals surface area contributed by atoms with Crippen molar-refractivity contribution < 1.29 is 75.0 Å². The molecule has 0 spiro atoms. The van der Waals surface area contributed by atoms with Crippen molar-refractivity contribution in [1.29, 1.82) is 0 Å². The summed E-state index contributed by atoms with van der Waals surface area (Å²) in [5, 5.41) is 70.3. The number of aliphatic hydroxyl groups is 8. The second-order valence-electron chi connectivity index (χ2n) is 7.00. The Bertz CT molecular complexity index is 581. The van der Waals surface area contributed by atoms with E-state index < -0.39 is 48.8 Å². The maximum Gasteiger partial charge on any atom is 0.102 e. The molecule has 4 unspecified atom stereocenters. The van der Waals surface area contributed by atoms with Gasteiger partial charge in [-0.15, -0.1) is 0 Å². The first-order chi connectivity index (χ1) is 15.2. The summed E-state index contributed by atoms with van der Waals surface area (Å²) in [5.74, 6) is 0. The van der Waals surface area contributed by atoms with Crippen LogP contribution in [0.15, 0.2) is 97.2 Å². The fourth-order valence-electron chi connectivity index (χ4n) is 2.33. The van der Waals surface area contributed by atoms with Crippen molar-refractivity contribution in [2.45, 2.75) is 48.8 Å². The topological polar surface area (TPSA) is 162 Å². The second kappa shape index (κ2) is 19.9. The molecule has 10 heteroatoms. The van der Waals surface area contributed by atoms with Gasteiger partial charge in [-0.05, 0) is 0 Å². The zero-order valence-electron chi connectivity index (χ0n) is 18.1. The molecule has 0 fully saturated rings. The molecule has 0 bridgehead atoms. The molecule has 8 N–H and O–H groups in total. The largest absolute Gasteiger partial charge is 0.386 e. The van der Waals surface area contributed by atoms with Crippen molar-refractivity contribution >= 4 is 0 Å². The van der Waals surface area contributed by atoms with E-state index in [0.29, 0.717) is 0 Å². The minimum Gasteiger partial charge on any atom is -0.386 e. The Hall–Kier alpha value is -1.36. The number of allylic oxidation sites excluding steroid dienone is 8. The zero-order chi connectivity index (χ0) is 23.9. The van der Waals surface area contributed by atoms with Crippen LogP contribution in [0.5, 0.6) is 0 Å². The van der Waals surface area contributed by atoms with Gasteiger partial charge in [0.25, 0.3) is 0 Å². The molecular formula is C24H32Fe2O8. The van der Waals surface area contributed by atoms with Crippen LogP contribution in [-0.2, 0) is 34.1 Å². The Labute approximate surface area is 220 Å². The van der Waals surface area contributed by atoms with Crippen LogP contribution in [0.25, 0.3) is 0 Å². The van der Waals surface area contributed by atoms with Gasteiger partial charge in [-0.25, -0.2) is 0 Å². The van der Waals surface area contributed by atoms with Crippen LogP contribution in [0.3, 0.4) is 0 Å². The van der Waals surface area contributed by atoms with Gasteiger partial charge in [0.15, 0.2) is 0 Å². The molecule has 0 radical (unpaired) electrons. The third-order valence-electron chi connectivity index (χ3n) is 4.31. The standard InChI is InChI=1S/4C6H8O2.2Fe/c4*7-5-3-1-2-4-6(5)8;;/h4*1-8H;;/t4*5-,6?;;/m0000../s1. The summed E-state index contributed by atoms with van der Waals surface area (Å²) in [5.41, 5.74) is 0. The van der Waals surface area contributed by atoms with Crippen LogP contribution >= 0.6 is 0 Å². The fraction of sp³-hybridized carbons (Fsp3) is 0.333. The summed E-state index contributed by atoms with van der Waals surface area (Å²) in [4.78, 5) is 0. The van der Waals surface area contributed by atoms with Crippen LogP contribution in [0.2, 0.25) is 0 Å². The van der Waals surface area contributed by atoms with Gasteiger partial charge in [0, 0.05) is 34.1 Å². The molecule has 0 amide bonds. The molecule has 4 aliphatic rings. The normalized spacial score (nSPS) is 33.6. The molecule has 0 heterocycles. The molecule has 0 aromatic rings. The maximum absolute atomic E-state index is 8.79. The minimum atomic E-state index is -0.708. The Kier molecular flexibility index (Phi) is 20.4. The second-order valence-corrected chi connectivity index (χ2v) is 7.00. The first-order valence-electron chi connectivity index (χ1n) is 10.1. The summed E-state index contributed by atoms with van der Waals surface area (Å²) in [6, 6.07) is 0. The van der Waals surface area contributed by atoms with E-state index in [0.717, 1.165) is 0 Å². The molecule has 4 aliphatic carbocycles. The summed E-state index contributed by atoms with van der Waals surface area (Å²) in [7, 11) is 0. The van der Waals surface area contributed by atoms with Crippen LogP contribution in [0.4, 0.5) is 0 Å². The maximum atomic E-state index is 8.79. The molecule has 0 aromatic heterocycles. The monoisotopic (exact) mass is 560 g/mol. The SMILES string of the molecule is OC1C=CC=C[C@@H]1O.OC1C=CC=C[C@@H]1O.OC1C=CC=C[C@@H]1O.OC1C=CC=C[C@@H]1O.[Fe].[Fe]. The van der Waals surface area contributed by atoms with E-state index in [1.54, 1.807) is 97.2 Å². The molecule has 0 aromatic carbocycles. The molecule has 192 valence electrons. The van der Waals surface area contributed by atoms with Gasteiger partial charge < -0.3 is 40.9 Å². The van der Waals surface area contributed by atoms with Gasteiger partial charge in [-0.3, -0.25) is 0 Å². The number of hydrogen-bond acceptors (Lipinski definition) is 8. The Morgan fingerprint density at radius 2 is 0.324 bits per heavy atom. The quantitative estimate of drug-likeness (QED) is 0.181. The molecule has 4 rings (SSSR count). The van der Waals surface area contributed by atoms with Crippen LogP contribution in [0, 0.1) is 0 Å². The van der Waals surface area contributed by atoms with E-state index in [9.17, 15) is 0 Å². The summed E-state index contributed by atoms with van der Waals surface area (Å²) >= 11 is 0. The average Bonchev–Trinajstić information content (AvgIpc) is 2.78. The van der Waals surface area contributed by atoms with E-state index in [-0.39, 0.29) is 34.1 Å². The first kappa shape index (κ1) is 34.8. The van der Waals surface area contributed by atoms with E-state index >= 15 is 0 Å². The van der Waals surface area contributed by atoms with Crippen molar-refractivity contribution in [3.63, 3.8) is 0 Å². The predicted molar refractivity (Wildman–Crippen MR) is 121 cm³/mol. The number of aliphatic hydroxyl groups excluding tert-OH is 8. The van der Waals surface area contributed by atoms with Crippen molar-refractivity contribution in [2.24, 2.45) is 0 Å². The molecule has 0 saturated heterocycles. The smallest absolute Gasteiger partial charge is 0.102 e. The fourth-order valence-corrected chi connectivity index (χ4v) is 2.33. The van der Waals surface area contributed by atoms with E-state index in [1.165, 1.54) is 0 Å². The van der Waals surface area contributed by atoms with Gasteiger partial charge >= 0.3 is 0 Å². The van der Waals surface area contributed by atoms with Crippen molar-refractivity contribution in [3.05, 3.63) is 97.2 Å². The van der Waals surface area contributed by atoms with Gasteiger partial charge in [-0.1, -0.05) is 97.2 Å². The zero-order valence-corrected chi connectivity index (χ0v) is 20.3. The van der Waals surface area contributed by atoms with Gasteiger partial charge in [0.1, 0.15) is 48.8 Å². The Balaban J connectivity index is 0. The summed E-state index contributed by atoms with van der Waals surface area (Å²) in [6.07, 6.45) is 20.3. The molecule has 0 saturated carbocycles. The van der Waals surface area contributed by atoms with Gasteiger partial charge in [0.2, 0.25) is 0 Å². The van der Waals surface area contributed by atoms with Crippen molar-refractivity contribution in [2.75, 3.05) is 0 Å². The summed E-state index contributed by atoms with van der Waals surface area (Å²) < 4.78 is 0. The van der Waals surface area contributed by atoms with Crippen LogP contribution in [-0.4, -0.2) is 89.7 Å². The Morgan fingerprint density at radius 3 is 0.382 bits per heavy atom. The minimum absolute atomic E-state index is 0. The van der Waals surface area contributed by atoms with Crippen molar-refractivity contribution in [1.82, 2.24) is 0 Å². The van der Waals surface area contributed by atoms with E-state index in [4.69, 9.17) is 40.9 Å². The number of rotatable bonds is 0. The molecule has 0 aliphatic heterocycles. The third kappa shape index (κ3) is 14.8. The van der Waals surface area contributed by atoms with Gasteiger partial charge in [-0.2, -0.15) is 0 Å². The Morgan fingerprint density at radius 1 is 0.235 bits per heavy atom. The van der Waals surface area contributed by atoms with Crippen LogP contribution < -0.4 is 0 Å². The average molecular weight is 560 g/mol. The molecule has 8 nitrogen and oxygen atoms in total. The number of hydrogen-bond donors (Lipinski definition) is 8. The molecular weight excluding hydrogens is 528 g/mol. The van der Waals surface area contributed by atoms with Crippen molar-refractivity contribution in [3.8, 4) is 0 Å². The molecule has 8 atom stereocenters. The molecule has 34 heavy (non-hydrogen) atoms. The van der Waals surface area contributed by atoms with Gasteiger partial charge in [0.05, 0.1) is 0 Å². The van der Waals surface area contributed by atoms with E-state index in [1.807, 2.05) is 0 Å². The summed E-state index contributed by atoms with van der Waals surface area (Å²) in [6.45, 7) is 0.